The van der Waals surface area contributed by atoms with Gasteiger partial charge in [0.2, 0.25) is 5.91 Å². The van der Waals surface area contributed by atoms with Crippen molar-refractivity contribution in [1.29, 1.82) is 0 Å². The van der Waals surface area contributed by atoms with Gasteiger partial charge >= 0.3 is 0 Å². The third kappa shape index (κ3) is 6.32. The minimum Gasteiger partial charge on any atom is -0.497 e. The highest BCUT2D eigenvalue weighted by molar-refractivity contribution is 5.97. The first-order valence-electron chi connectivity index (χ1n) is 10.6. The number of anilines is 1. The zero-order valence-electron chi connectivity index (χ0n) is 17.8. The van der Waals surface area contributed by atoms with Crippen molar-refractivity contribution in [1.82, 2.24) is 10.2 Å². The summed E-state index contributed by atoms with van der Waals surface area (Å²) >= 11 is 0. The van der Waals surface area contributed by atoms with E-state index < -0.39 is 0 Å². The average Bonchev–Trinajstić information content (AvgIpc) is 2.79. The van der Waals surface area contributed by atoms with E-state index in [9.17, 15) is 9.59 Å². The van der Waals surface area contributed by atoms with Crippen molar-refractivity contribution in [3.8, 4) is 5.75 Å². The molecule has 6 heteroatoms. The molecule has 0 saturated carbocycles. The molecule has 0 aliphatic carbocycles. The van der Waals surface area contributed by atoms with Gasteiger partial charge in [-0.05, 0) is 67.7 Å². The van der Waals surface area contributed by atoms with E-state index >= 15 is 0 Å². The Balaban J connectivity index is 1.42. The second-order valence-electron chi connectivity index (χ2n) is 7.76. The summed E-state index contributed by atoms with van der Waals surface area (Å²) in [5.74, 6) is 1.22. The Labute approximate surface area is 178 Å². The van der Waals surface area contributed by atoms with Crippen LogP contribution in [-0.2, 0) is 11.3 Å². The molecule has 1 heterocycles. The number of likely N-dealkylation sites (tertiary alicyclic amines) is 1. The fourth-order valence-corrected chi connectivity index (χ4v) is 3.66. The second-order valence-corrected chi connectivity index (χ2v) is 7.76. The lowest BCUT2D eigenvalue weighted by molar-refractivity contribution is -0.115. The second kappa shape index (κ2) is 10.8. The molecule has 0 unspecified atom stereocenters. The van der Waals surface area contributed by atoms with Crippen molar-refractivity contribution in [2.45, 2.75) is 32.7 Å². The van der Waals surface area contributed by atoms with Crippen LogP contribution in [0.25, 0.3) is 0 Å². The molecular formula is C24H31N3O3. The van der Waals surface area contributed by atoms with Crippen molar-refractivity contribution in [3.05, 3.63) is 59.7 Å². The van der Waals surface area contributed by atoms with Crippen LogP contribution >= 0.6 is 0 Å². The molecule has 2 amide bonds. The summed E-state index contributed by atoms with van der Waals surface area (Å²) < 4.78 is 5.21. The average molecular weight is 410 g/mol. The van der Waals surface area contributed by atoms with E-state index in [1.54, 1.807) is 38.3 Å². The number of amides is 2. The molecule has 0 aromatic heterocycles. The van der Waals surface area contributed by atoms with Crippen LogP contribution in [0.15, 0.2) is 48.5 Å². The SMILES string of the molecule is CCC(=O)Nc1cccc(C(=O)NCC2CCN(Cc3ccc(OC)cc3)CC2)c1. The Bertz CT molecular complexity index is 843. The van der Waals surface area contributed by atoms with Gasteiger partial charge < -0.3 is 15.4 Å². The van der Waals surface area contributed by atoms with Gasteiger partial charge in [-0.2, -0.15) is 0 Å². The molecule has 2 aromatic rings. The predicted octanol–water partition coefficient (Wildman–Crippen LogP) is 3.69. The third-order valence-corrected chi connectivity index (χ3v) is 5.55. The topological polar surface area (TPSA) is 70.7 Å². The molecule has 2 aromatic carbocycles. The van der Waals surface area contributed by atoms with Gasteiger partial charge in [0, 0.05) is 30.8 Å². The number of hydrogen-bond acceptors (Lipinski definition) is 4. The fourth-order valence-electron chi connectivity index (χ4n) is 3.66. The first-order valence-corrected chi connectivity index (χ1v) is 10.6. The van der Waals surface area contributed by atoms with Crippen molar-refractivity contribution < 1.29 is 14.3 Å². The first kappa shape index (κ1) is 21.8. The van der Waals surface area contributed by atoms with Gasteiger partial charge in [-0.3, -0.25) is 14.5 Å². The predicted molar refractivity (Wildman–Crippen MR) is 119 cm³/mol. The number of benzene rings is 2. The zero-order chi connectivity index (χ0) is 21.3. The maximum absolute atomic E-state index is 12.5. The molecular weight excluding hydrogens is 378 g/mol. The van der Waals surface area contributed by atoms with Gasteiger partial charge in [-0.1, -0.05) is 25.1 Å². The van der Waals surface area contributed by atoms with Gasteiger partial charge in [0.15, 0.2) is 0 Å². The molecule has 1 saturated heterocycles. The van der Waals surface area contributed by atoms with Gasteiger partial charge in [-0.15, -0.1) is 0 Å². The first-order chi connectivity index (χ1) is 14.6. The van der Waals surface area contributed by atoms with Gasteiger partial charge in [-0.25, -0.2) is 0 Å². The number of carbonyl (C=O) groups excluding carboxylic acids is 2. The molecule has 1 fully saturated rings. The number of methoxy groups -OCH3 is 1. The summed E-state index contributed by atoms with van der Waals surface area (Å²) in [7, 11) is 1.68. The van der Waals surface area contributed by atoms with Crippen molar-refractivity contribution in [2.75, 3.05) is 32.1 Å². The molecule has 1 aliphatic heterocycles. The van der Waals surface area contributed by atoms with Crippen molar-refractivity contribution in [3.63, 3.8) is 0 Å². The number of ether oxygens (including phenoxy) is 1. The molecule has 160 valence electrons. The quantitative estimate of drug-likeness (QED) is 0.698. The van der Waals surface area contributed by atoms with E-state index in [0.29, 0.717) is 30.1 Å². The highest BCUT2D eigenvalue weighted by atomic mass is 16.5. The van der Waals surface area contributed by atoms with E-state index in [1.165, 1.54) is 5.56 Å². The largest absolute Gasteiger partial charge is 0.497 e. The van der Waals surface area contributed by atoms with E-state index in [1.807, 2.05) is 12.1 Å². The lowest BCUT2D eigenvalue weighted by Gasteiger charge is -2.32. The van der Waals surface area contributed by atoms with Crippen LogP contribution in [0.1, 0.15) is 42.1 Å². The smallest absolute Gasteiger partial charge is 0.251 e. The number of hydrogen-bond donors (Lipinski definition) is 2. The van der Waals surface area contributed by atoms with Crippen LogP contribution in [0.2, 0.25) is 0 Å². The van der Waals surface area contributed by atoms with Crippen LogP contribution in [-0.4, -0.2) is 43.5 Å². The lowest BCUT2D eigenvalue weighted by Crippen LogP contribution is -2.38. The summed E-state index contributed by atoms with van der Waals surface area (Å²) in [6.45, 7) is 5.49. The molecule has 0 atom stereocenters. The van der Waals surface area contributed by atoms with Crippen molar-refractivity contribution >= 4 is 17.5 Å². The van der Waals surface area contributed by atoms with E-state index in [2.05, 4.69) is 27.7 Å². The minimum atomic E-state index is -0.0942. The zero-order valence-corrected chi connectivity index (χ0v) is 17.8. The van der Waals surface area contributed by atoms with Crippen LogP contribution in [0, 0.1) is 5.92 Å². The maximum atomic E-state index is 12.5. The number of nitrogens with zero attached hydrogens (tertiary/aromatic N) is 1. The summed E-state index contributed by atoms with van der Waals surface area (Å²) in [5.41, 5.74) is 2.51. The summed E-state index contributed by atoms with van der Waals surface area (Å²) in [6, 6.07) is 15.3. The van der Waals surface area contributed by atoms with Crippen LogP contribution in [0.5, 0.6) is 5.75 Å². The Morgan fingerprint density at radius 1 is 1.10 bits per heavy atom. The Hall–Kier alpha value is -2.86. The molecule has 2 N–H and O–H groups in total. The number of nitrogens with one attached hydrogen (secondary N) is 2. The van der Waals surface area contributed by atoms with E-state index in [4.69, 9.17) is 4.74 Å². The molecule has 0 bridgehead atoms. The minimum absolute atomic E-state index is 0.0611. The van der Waals surface area contributed by atoms with Crippen LogP contribution < -0.4 is 15.4 Å². The van der Waals surface area contributed by atoms with Gasteiger partial charge in [0.1, 0.15) is 5.75 Å². The van der Waals surface area contributed by atoms with Gasteiger partial charge in [0.25, 0.3) is 5.91 Å². The Morgan fingerprint density at radius 3 is 2.50 bits per heavy atom. The highest BCUT2D eigenvalue weighted by Gasteiger charge is 2.20. The number of carbonyl (C=O) groups is 2. The van der Waals surface area contributed by atoms with Gasteiger partial charge in [0.05, 0.1) is 7.11 Å². The summed E-state index contributed by atoms with van der Waals surface area (Å²) in [6.07, 6.45) is 2.56. The van der Waals surface area contributed by atoms with Crippen molar-refractivity contribution in [2.24, 2.45) is 5.92 Å². The molecule has 6 nitrogen and oxygen atoms in total. The van der Waals surface area contributed by atoms with E-state index in [-0.39, 0.29) is 11.8 Å². The fraction of sp³-hybridized carbons (Fsp3) is 0.417. The molecule has 30 heavy (non-hydrogen) atoms. The maximum Gasteiger partial charge on any atom is 0.251 e. The summed E-state index contributed by atoms with van der Waals surface area (Å²) in [4.78, 5) is 26.5. The highest BCUT2D eigenvalue weighted by Crippen LogP contribution is 2.20. The molecule has 0 radical (unpaired) electrons. The van der Waals surface area contributed by atoms with Crippen LogP contribution in [0.3, 0.4) is 0 Å². The Kier molecular flexibility index (Phi) is 7.85. The number of rotatable bonds is 8. The lowest BCUT2D eigenvalue weighted by atomic mass is 9.96. The van der Waals surface area contributed by atoms with Crippen LogP contribution in [0.4, 0.5) is 5.69 Å². The molecule has 3 rings (SSSR count). The standard InChI is InChI=1S/C24H31N3O3/c1-3-23(28)26-21-6-4-5-20(15-21)24(29)25-16-18-11-13-27(14-12-18)17-19-7-9-22(30-2)10-8-19/h4-10,15,18H,3,11-14,16-17H2,1-2H3,(H,25,29)(H,26,28). The number of piperidine rings is 1. The Morgan fingerprint density at radius 2 is 1.83 bits per heavy atom. The molecule has 0 spiro atoms. The monoisotopic (exact) mass is 409 g/mol. The molecule has 1 aliphatic rings. The summed E-state index contributed by atoms with van der Waals surface area (Å²) in [5, 5.41) is 5.85. The van der Waals surface area contributed by atoms with E-state index in [0.717, 1.165) is 38.2 Å². The third-order valence-electron chi connectivity index (χ3n) is 5.55. The normalized spacial score (nSPS) is 14.9.